The molecule has 10 heavy (non-hydrogen) atoms. The molecular formula is C8H14O2. The zero-order chi connectivity index (χ0) is 7.40. The summed E-state index contributed by atoms with van der Waals surface area (Å²) in [5.41, 5.74) is 0. The fourth-order valence-corrected chi connectivity index (χ4v) is 1.43. The van der Waals surface area contributed by atoms with E-state index in [1.807, 2.05) is 0 Å². The number of ketones is 1. The van der Waals surface area contributed by atoms with Crippen LogP contribution in [-0.2, 0) is 9.53 Å². The van der Waals surface area contributed by atoms with E-state index in [4.69, 9.17) is 4.74 Å². The normalized spacial score (nSPS) is 26.9. The van der Waals surface area contributed by atoms with Crippen LogP contribution in [0.5, 0.6) is 0 Å². The molecule has 0 aromatic rings. The minimum Gasteiger partial charge on any atom is -0.384 e. The van der Waals surface area contributed by atoms with Gasteiger partial charge in [-0.15, -0.1) is 0 Å². The lowest BCUT2D eigenvalue weighted by molar-refractivity contribution is -0.126. The van der Waals surface area contributed by atoms with Crippen molar-refractivity contribution in [1.82, 2.24) is 0 Å². The molecule has 0 aromatic carbocycles. The fraction of sp³-hybridized carbons (Fsp3) is 0.875. The van der Waals surface area contributed by atoms with E-state index >= 15 is 0 Å². The Morgan fingerprint density at radius 1 is 1.60 bits per heavy atom. The molecular weight excluding hydrogens is 128 g/mol. The number of hydrogen-bond donors (Lipinski definition) is 0. The molecule has 0 radical (unpaired) electrons. The van der Waals surface area contributed by atoms with E-state index in [9.17, 15) is 4.79 Å². The monoisotopic (exact) mass is 142 g/mol. The van der Waals surface area contributed by atoms with Crippen LogP contribution in [-0.4, -0.2) is 19.5 Å². The quantitative estimate of drug-likeness (QED) is 0.582. The van der Waals surface area contributed by atoms with Crippen molar-refractivity contribution in [3.8, 4) is 0 Å². The van der Waals surface area contributed by atoms with Crippen molar-refractivity contribution >= 4 is 5.78 Å². The van der Waals surface area contributed by atoms with Crippen LogP contribution in [0.4, 0.5) is 0 Å². The third-order valence-electron chi connectivity index (χ3n) is 2.05. The number of rotatable bonds is 2. The van der Waals surface area contributed by atoms with Crippen LogP contribution in [0.1, 0.15) is 25.7 Å². The molecule has 0 bridgehead atoms. The summed E-state index contributed by atoms with van der Waals surface area (Å²) in [4.78, 5) is 11.1. The van der Waals surface area contributed by atoms with E-state index in [0.717, 1.165) is 19.3 Å². The Kier molecular flexibility index (Phi) is 2.87. The van der Waals surface area contributed by atoms with Gasteiger partial charge in [-0.2, -0.15) is 0 Å². The van der Waals surface area contributed by atoms with Crippen LogP contribution < -0.4 is 0 Å². The van der Waals surface area contributed by atoms with Gasteiger partial charge >= 0.3 is 0 Å². The molecule has 0 N–H and O–H groups in total. The SMILES string of the molecule is COCC1CCCCC1=O. The molecule has 0 amide bonds. The molecule has 1 unspecified atom stereocenters. The Bertz CT molecular complexity index is 118. The van der Waals surface area contributed by atoms with Crippen LogP contribution in [0.3, 0.4) is 0 Å². The predicted octanol–water partition coefficient (Wildman–Crippen LogP) is 1.39. The molecule has 0 aromatic heterocycles. The van der Waals surface area contributed by atoms with Crippen molar-refractivity contribution in [1.29, 1.82) is 0 Å². The van der Waals surface area contributed by atoms with Crippen LogP contribution in [0.2, 0.25) is 0 Å². The predicted molar refractivity (Wildman–Crippen MR) is 38.8 cm³/mol. The Labute approximate surface area is 61.6 Å². The molecule has 1 fully saturated rings. The number of carbonyl (C=O) groups excluding carboxylic acids is 1. The summed E-state index contributed by atoms with van der Waals surface area (Å²) in [7, 11) is 1.65. The Balaban J connectivity index is 2.32. The molecule has 0 heterocycles. The first-order valence-electron chi connectivity index (χ1n) is 3.86. The summed E-state index contributed by atoms with van der Waals surface area (Å²) in [6, 6.07) is 0. The highest BCUT2D eigenvalue weighted by atomic mass is 16.5. The summed E-state index contributed by atoms with van der Waals surface area (Å²) in [6.45, 7) is 0.624. The van der Waals surface area contributed by atoms with E-state index in [2.05, 4.69) is 0 Å². The highest BCUT2D eigenvalue weighted by Crippen LogP contribution is 2.20. The molecule has 0 aliphatic heterocycles. The molecule has 1 aliphatic rings. The highest BCUT2D eigenvalue weighted by molar-refractivity contribution is 5.81. The minimum atomic E-state index is 0.207. The van der Waals surface area contributed by atoms with Crippen molar-refractivity contribution < 1.29 is 9.53 Å². The fourth-order valence-electron chi connectivity index (χ4n) is 1.43. The number of hydrogen-bond acceptors (Lipinski definition) is 2. The first-order valence-corrected chi connectivity index (χ1v) is 3.86. The smallest absolute Gasteiger partial charge is 0.138 e. The van der Waals surface area contributed by atoms with E-state index in [1.54, 1.807) is 7.11 Å². The first kappa shape index (κ1) is 7.73. The van der Waals surface area contributed by atoms with E-state index in [-0.39, 0.29) is 5.92 Å². The van der Waals surface area contributed by atoms with Crippen molar-refractivity contribution in [3.63, 3.8) is 0 Å². The van der Waals surface area contributed by atoms with Gasteiger partial charge in [0, 0.05) is 19.4 Å². The van der Waals surface area contributed by atoms with Gasteiger partial charge in [-0.3, -0.25) is 4.79 Å². The summed E-state index contributed by atoms with van der Waals surface area (Å²) in [5, 5.41) is 0. The maximum Gasteiger partial charge on any atom is 0.138 e. The second-order valence-corrected chi connectivity index (χ2v) is 2.86. The lowest BCUT2D eigenvalue weighted by Crippen LogP contribution is -2.22. The third-order valence-corrected chi connectivity index (χ3v) is 2.05. The van der Waals surface area contributed by atoms with E-state index < -0.39 is 0 Å². The maximum atomic E-state index is 11.1. The van der Waals surface area contributed by atoms with E-state index in [0.29, 0.717) is 12.4 Å². The zero-order valence-electron chi connectivity index (χ0n) is 6.43. The number of methoxy groups -OCH3 is 1. The van der Waals surface area contributed by atoms with Gasteiger partial charge in [0.25, 0.3) is 0 Å². The van der Waals surface area contributed by atoms with Crippen molar-refractivity contribution in [3.05, 3.63) is 0 Å². The average molecular weight is 142 g/mol. The topological polar surface area (TPSA) is 26.3 Å². The number of ether oxygens (including phenoxy) is 1. The van der Waals surface area contributed by atoms with Gasteiger partial charge in [-0.25, -0.2) is 0 Å². The highest BCUT2D eigenvalue weighted by Gasteiger charge is 2.21. The Morgan fingerprint density at radius 3 is 3.00 bits per heavy atom. The molecule has 1 aliphatic carbocycles. The van der Waals surface area contributed by atoms with Gasteiger partial charge in [0.2, 0.25) is 0 Å². The van der Waals surface area contributed by atoms with Crippen molar-refractivity contribution in [2.24, 2.45) is 5.92 Å². The Morgan fingerprint density at radius 2 is 2.40 bits per heavy atom. The van der Waals surface area contributed by atoms with Crippen LogP contribution in [0, 0.1) is 5.92 Å². The van der Waals surface area contributed by atoms with Crippen LogP contribution in [0.15, 0.2) is 0 Å². The van der Waals surface area contributed by atoms with Gasteiger partial charge < -0.3 is 4.74 Å². The minimum absolute atomic E-state index is 0.207. The van der Waals surface area contributed by atoms with Gasteiger partial charge in [-0.1, -0.05) is 6.42 Å². The molecule has 0 spiro atoms. The largest absolute Gasteiger partial charge is 0.384 e. The second-order valence-electron chi connectivity index (χ2n) is 2.86. The number of Topliss-reactive ketones (excluding diaryl/α,β-unsaturated/α-hetero) is 1. The van der Waals surface area contributed by atoms with Gasteiger partial charge in [0.15, 0.2) is 0 Å². The summed E-state index contributed by atoms with van der Waals surface area (Å²) < 4.78 is 4.93. The van der Waals surface area contributed by atoms with Crippen molar-refractivity contribution in [2.75, 3.05) is 13.7 Å². The summed E-state index contributed by atoms with van der Waals surface area (Å²) >= 11 is 0. The summed E-state index contributed by atoms with van der Waals surface area (Å²) in [5.74, 6) is 0.604. The van der Waals surface area contributed by atoms with Crippen molar-refractivity contribution in [2.45, 2.75) is 25.7 Å². The van der Waals surface area contributed by atoms with Crippen LogP contribution in [0.25, 0.3) is 0 Å². The second kappa shape index (κ2) is 3.71. The van der Waals surface area contributed by atoms with Gasteiger partial charge in [-0.05, 0) is 12.8 Å². The van der Waals surface area contributed by atoms with Gasteiger partial charge in [0.05, 0.1) is 6.61 Å². The summed E-state index contributed by atoms with van der Waals surface area (Å²) in [6.07, 6.45) is 4.08. The number of carbonyl (C=O) groups is 1. The molecule has 1 saturated carbocycles. The lowest BCUT2D eigenvalue weighted by atomic mass is 9.89. The third kappa shape index (κ3) is 1.81. The molecule has 1 atom stereocenters. The first-order chi connectivity index (χ1) is 4.84. The zero-order valence-corrected chi connectivity index (χ0v) is 6.43. The maximum absolute atomic E-state index is 11.1. The lowest BCUT2D eigenvalue weighted by Gasteiger charge is -2.18. The Hall–Kier alpha value is -0.370. The molecule has 1 rings (SSSR count). The molecule has 2 nitrogen and oxygen atoms in total. The standard InChI is InChI=1S/C8H14O2/c1-10-6-7-4-2-3-5-8(7)9/h7H,2-6H2,1H3. The molecule has 2 heteroatoms. The molecule has 0 saturated heterocycles. The van der Waals surface area contributed by atoms with E-state index in [1.165, 1.54) is 6.42 Å². The van der Waals surface area contributed by atoms with Crippen LogP contribution >= 0.6 is 0 Å². The average Bonchev–Trinajstić information content (AvgIpc) is 1.94. The molecule has 58 valence electrons. The van der Waals surface area contributed by atoms with Gasteiger partial charge in [0.1, 0.15) is 5.78 Å².